The zero-order valence-corrected chi connectivity index (χ0v) is 14.7. The van der Waals surface area contributed by atoms with Gasteiger partial charge < -0.3 is 10.1 Å². The van der Waals surface area contributed by atoms with Crippen LogP contribution in [-0.2, 0) is 15.4 Å². The van der Waals surface area contributed by atoms with Crippen LogP contribution in [0.2, 0.25) is 0 Å². The molecule has 1 atom stereocenters. The van der Waals surface area contributed by atoms with E-state index in [0.717, 1.165) is 0 Å². The summed E-state index contributed by atoms with van der Waals surface area (Å²) in [4.78, 5) is 24.2. The second-order valence-corrected chi connectivity index (χ2v) is 6.68. The summed E-state index contributed by atoms with van der Waals surface area (Å²) in [6.07, 6.45) is -1.06. The Balaban J connectivity index is 1.76. The maximum absolute atomic E-state index is 14.5. The average molecular weight is 385 g/mol. The molecule has 2 heterocycles. The number of anilines is 1. The van der Waals surface area contributed by atoms with Crippen molar-refractivity contribution in [1.82, 2.24) is 15.5 Å². The van der Waals surface area contributed by atoms with Crippen molar-refractivity contribution in [2.45, 2.75) is 18.9 Å². The fourth-order valence-corrected chi connectivity index (χ4v) is 3.29. The Kier molecular flexibility index (Phi) is 5.14. The summed E-state index contributed by atoms with van der Waals surface area (Å²) in [7, 11) is 0. The quantitative estimate of drug-likeness (QED) is 0.801. The van der Waals surface area contributed by atoms with E-state index in [0.29, 0.717) is 21.3 Å². The number of nitrogens with one attached hydrogen (secondary N) is 1. The van der Waals surface area contributed by atoms with Crippen molar-refractivity contribution in [1.29, 1.82) is 0 Å². The lowest BCUT2D eigenvalue weighted by molar-refractivity contribution is -0.119. The van der Waals surface area contributed by atoms with Crippen molar-refractivity contribution in [3.05, 3.63) is 29.0 Å². The minimum Gasteiger partial charge on any atom is -0.442 e. The van der Waals surface area contributed by atoms with Crippen molar-refractivity contribution < 1.29 is 18.7 Å². The molecule has 7 nitrogen and oxygen atoms in total. The van der Waals surface area contributed by atoms with E-state index in [4.69, 9.17) is 16.3 Å². The normalized spacial score (nSPS) is 16.8. The molecule has 1 saturated heterocycles. The van der Waals surface area contributed by atoms with Gasteiger partial charge in [0, 0.05) is 12.5 Å². The first-order valence-corrected chi connectivity index (χ1v) is 8.74. The molecule has 0 spiro atoms. The highest BCUT2D eigenvalue weighted by Crippen LogP contribution is 2.31. The molecule has 0 aliphatic carbocycles. The zero-order valence-electron chi connectivity index (χ0n) is 13.2. The number of amides is 2. The zero-order chi connectivity index (χ0) is 18.0. The van der Waals surface area contributed by atoms with Gasteiger partial charge in [0.05, 0.1) is 24.7 Å². The number of nitrogens with zero attached hydrogens (tertiary/aromatic N) is 3. The second kappa shape index (κ2) is 7.32. The number of hydrogen-bond donors (Lipinski definition) is 1. The van der Waals surface area contributed by atoms with Crippen LogP contribution in [-0.4, -0.2) is 41.4 Å². The lowest BCUT2D eigenvalue weighted by Gasteiger charge is -2.14. The number of ether oxygens (including phenoxy) is 1. The molecule has 25 heavy (non-hydrogen) atoms. The molecule has 1 N–H and O–H groups in total. The number of carbonyl (C=O) groups excluding carboxylic acids is 2. The lowest BCUT2D eigenvalue weighted by atomic mass is 10.2. The van der Waals surface area contributed by atoms with E-state index in [2.05, 4.69) is 15.5 Å². The van der Waals surface area contributed by atoms with Crippen LogP contribution in [0, 0.1) is 5.82 Å². The van der Waals surface area contributed by atoms with Crippen LogP contribution in [0.15, 0.2) is 18.2 Å². The van der Waals surface area contributed by atoms with Crippen LogP contribution >= 0.6 is 22.9 Å². The van der Waals surface area contributed by atoms with Gasteiger partial charge in [0.25, 0.3) is 0 Å². The van der Waals surface area contributed by atoms with Crippen LogP contribution in [0.3, 0.4) is 0 Å². The molecule has 1 aliphatic heterocycles. The van der Waals surface area contributed by atoms with Crippen LogP contribution in [0.5, 0.6) is 0 Å². The summed E-state index contributed by atoms with van der Waals surface area (Å²) in [6, 6.07) is 4.40. The van der Waals surface area contributed by atoms with Crippen molar-refractivity contribution in [2.75, 3.05) is 18.0 Å². The molecule has 2 aromatic rings. The third-order valence-corrected chi connectivity index (χ3v) is 4.90. The highest BCUT2D eigenvalue weighted by atomic mass is 35.5. The molecule has 2 amide bonds. The maximum Gasteiger partial charge on any atom is 0.414 e. The van der Waals surface area contributed by atoms with E-state index in [9.17, 15) is 14.0 Å². The van der Waals surface area contributed by atoms with E-state index >= 15 is 0 Å². The number of aromatic nitrogens is 2. The van der Waals surface area contributed by atoms with Gasteiger partial charge in [0.1, 0.15) is 16.9 Å². The van der Waals surface area contributed by atoms with Gasteiger partial charge >= 0.3 is 6.09 Å². The first kappa shape index (κ1) is 17.6. The van der Waals surface area contributed by atoms with E-state index in [1.54, 1.807) is 6.07 Å². The number of halogens is 2. The number of alkyl halides is 1. The Morgan fingerprint density at radius 2 is 2.32 bits per heavy atom. The lowest BCUT2D eigenvalue weighted by Crippen LogP contribution is -2.33. The molecule has 1 aromatic heterocycles. The number of rotatable bonds is 5. The molecular weight excluding hydrogens is 371 g/mol. The number of carbonyl (C=O) groups is 2. The molecule has 1 aromatic carbocycles. The molecule has 0 unspecified atom stereocenters. The highest BCUT2D eigenvalue weighted by molar-refractivity contribution is 7.14. The second-order valence-electron chi connectivity index (χ2n) is 5.35. The SMILES string of the molecule is CC(=O)NC[C@H]1CN(c2ccc(-c3nnc(CCl)s3)c(F)c2)C(=O)O1. The third-order valence-electron chi connectivity index (χ3n) is 3.53. The van der Waals surface area contributed by atoms with Gasteiger partial charge in [-0.3, -0.25) is 9.69 Å². The summed E-state index contributed by atoms with van der Waals surface area (Å²) in [5.41, 5.74) is 0.665. The Bertz CT molecular complexity index is 816. The number of benzene rings is 1. The van der Waals surface area contributed by atoms with Gasteiger partial charge in [-0.25, -0.2) is 9.18 Å². The molecule has 132 valence electrons. The summed E-state index contributed by atoms with van der Waals surface area (Å²) in [6.45, 7) is 1.82. The van der Waals surface area contributed by atoms with Crippen molar-refractivity contribution in [3.63, 3.8) is 0 Å². The summed E-state index contributed by atoms with van der Waals surface area (Å²) < 4.78 is 19.6. The monoisotopic (exact) mass is 384 g/mol. The van der Waals surface area contributed by atoms with Crippen LogP contribution in [0.1, 0.15) is 11.9 Å². The number of hydrogen-bond acceptors (Lipinski definition) is 6. The topological polar surface area (TPSA) is 84.4 Å². The molecule has 10 heteroatoms. The largest absolute Gasteiger partial charge is 0.442 e. The van der Waals surface area contributed by atoms with Crippen LogP contribution in [0.4, 0.5) is 14.9 Å². The summed E-state index contributed by atoms with van der Waals surface area (Å²) in [5, 5.41) is 11.4. The highest BCUT2D eigenvalue weighted by Gasteiger charge is 2.32. The fraction of sp³-hybridized carbons (Fsp3) is 0.333. The van der Waals surface area contributed by atoms with Crippen molar-refractivity contribution >= 4 is 40.6 Å². The van der Waals surface area contributed by atoms with E-state index < -0.39 is 18.0 Å². The third kappa shape index (κ3) is 3.88. The van der Waals surface area contributed by atoms with Gasteiger partial charge in [0.15, 0.2) is 5.01 Å². The van der Waals surface area contributed by atoms with Crippen molar-refractivity contribution in [2.24, 2.45) is 0 Å². The van der Waals surface area contributed by atoms with E-state index in [1.807, 2.05) is 0 Å². The average Bonchev–Trinajstić information content (AvgIpc) is 3.19. The van der Waals surface area contributed by atoms with Crippen LogP contribution in [0.25, 0.3) is 10.6 Å². The Hall–Kier alpha value is -2.26. The molecule has 3 rings (SSSR count). The Morgan fingerprint density at radius 1 is 1.52 bits per heavy atom. The van der Waals surface area contributed by atoms with E-state index in [1.165, 1.54) is 35.3 Å². The molecular formula is C15H14ClFN4O3S. The van der Waals surface area contributed by atoms with Crippen LogP contribution < -0.4 is 10.2 Å². The summed E-state index contributed by atoms with van der Waals surface area (Å²) in [5.74, 6) is -0.515. The van der Waals surface area contributed by atoms with Gasteiger partial charge in [-0.15, -0.1) is 21.8 Å². The van der Waals surface area contributed by atoms with Gasteiger partial charge in [-0.2, -0.15) is 0 Å². The molecule has 0 radical (unpaired) electrons. The first-order valence-electron chi connectivity index (χ1n) is 7.38. The Labute approximate surface area is 151 Å². The predicted octanol–water partition coefficient (Wildman–Crippen LogP) is 2.54. The number of cyclic esters (lactones) is 1. The molecule has 0 bridgehead atoms. The van der Waals surface area contributed by atoms with E-state index in [-0.39, 0.29) is 24.9 Å². The Morgan fingerprint density at radius 3 is 2.96 bits per heavy atom. The van der Waals surface area contributed by atoms with Crippen molar-refractivity contribution in [3.8, 4) is 10.6 Å². The van der Waals surface area contributed by atoms with Gasteiger partial charge in [-0.05, 0) is 18.2 Å². The van der Waals surface area contributed by atoms with Gasteiger partial charge in [-0.1, -0.05) is 11.3 Å². The molecule has 1 fully saturated rings. The fourth-order valence-electron chi connectivity index (χ4n) is 2.36. The van der Waals surface area contributed by atoms with Gasteiger partial charge in [0.2, 0.25) is 5.91 Å². The standard InChI is InChI=1S/C15H14ClFN4O3S/c1-8(22)18-6-10-7-21(15(23)24-10)9-2-3-11(12(17)4-9)14-20-19-13(5-16)25-14/h2-4,10H,5-7H2,1H3,(H,18,22)/t10-/m0/s1. The molecule has 0 saturated carbocycles. The molecule has 1 aliphatic rings. The minimum absolute atomic E-state index is 0.210. The minimum atomic E-state index is -0.581. The predicted molar refractivity (Wildman–Crippen MR) is 91.2 cm³/mol. The summed E-state index contributed by atoms with van der Waals surface area (Å²) >= 11 is 6.89. The maximum atomic E-state index is 14.5. The smallest absolute Gasteiger partial charge is 0.414 e. The first-order chi connectivity index (χ1) is 12.0.